The number of amides is 5. The maximum absolute atomic E-state index is 13.9. The molecule has 0 unspecified atom stereocenters. The van der Waals surface area contributed by atoms with Crippen molar-refractivity contribution in [1.82, 2.24) is 14.7 Å². The molecule has 3 atom stereocenters. The molecule has 5 amide bonds. The predicted molar refractivity (Wildman–Crippen MR) is 366 cm³/mol. The van der Waals surface area contributed by atoms with Crippen LogP contribution in [0.2, 0.25) is 51.4 Å². The van der Waals surface area contributed by atoms with Crippen LogP contribution < -0.4 is 38.2 Å². The molecule has 0 N–H and O–H groups in total. The third-order valence-corrected chi connectivity index (χ3v) is 21.4. The van der Waals surface area contributed by atoms with E-state index >= 15 is 0 Å². The van der Waals surface area contributed by atoms with Crippen LogP contribution in [-0.4, -0.2) is 168 Å². The first-order valence-corrected chi connectivity index (χ1v) is 40.0. The summed E-state index contributed by atoms with van der Waals surface area (Å²) in [6.45, 7) is 18.2. The van der Waals surface area contributed by atoms with Crippen LogP contribution in [0.25, 0.3) is 11.1 Å². The predicted octanol–water partition coefficient (Wildman–Crippen LogP) is 12.2. The molecule has 0 radical (unpaired) electrons. The first-order chi connectivity index (χ1) is 45.8. The van der Waals surface area contributed by atoms with Crippen molar-refractivity contribution in [3.8, 4) is 34.5 Å². The fourth-order valence-electron chi connectivity index (χ4n) is 11.6. The summed E-state index contributed by atoms with van der Waals surface area (Å²) in [7, 11) is 0.203. The average molecular weight is 1400 g/mol. The third kappa shape index (κ3) is 15.7. The number of anilines is 2. The summed E-state index contributed by atoms with van der Waals surface area (Å²) in [6.07, 6.45) is 7.04. The van der Waals surface area contributed by atoms with Gasteiger partial charge in [0, 0.05) is 91.6 Å². The van der Waals surface area contributed by atoms with Gasteiger partial charge in [0.05, 0.1) is 82.5 Å². The molecule has 518 valence electrons. The van der Waals surface area contributed by atoms with Gasteiger partial charge in [-0.15, -0.1) is 0 Å². The molecule has 0 saturated heterocycles. The highest BCUT2D eigenvalue weighted by atomic mass is 32.2. The van der Waals surface area contributed by atoms with E-state index < -0.39 is 67.9 Å². The molecule has 0 spiro atoms. The number of ether oxygens (including phenoxy) is 8. The average Bonchev–Trinajstić information content (AvgIpc) is 1.62. The number of halogens is 3. The SMILES string of the molecule is COc1cc2c(cc1OC)C(=O)N1C=C(c3ccccc3C)C[C@H]1C=N2.COc1cc2c(cc1OC)N(COCC[Si](C)(C)C)C(=O)[C@@H]1CC(OS(=O)(=O)C(F)(F)F)=CN1C2=O.COc1cc2c(cc1OC)N(COCC[Si](C)(C)C)C(=O)[C@@H]1CC(c3ccccc3C)=CN1C2=O. The molecule has 11 rings (SSSR count). The smallest absolute Gasteiger partial charge is 0.493 e. The zero-order valence-electron chi connectivity index (χ0n) is 56.7. The van der Waals surface area contributed by atoms with Crippen molar-refractivity contribution in [3.05, 3.63) is 148 Å². The van der Waals surface area contributed by atoms with Crippen LogP contribution in [0.3, 0.4) is 0 Å². The number of benzene rings is 5. The lowest BCUT2D eigenvalue weighted by atomic mass is 9.98. The van der Waals surface area contributed by atoms with E-state index in [1.54, 1.807) is 53.2 Å². The molecule has 0 bridgehead atoms. The Kier molecular flexibility index (Phi) is 21.9. The van der Waals surface area contributed by atoms with Gasteiger partial charge in [-0.3, -0.25) is 43.7 Å². The van der Waals surface area contributed by atoms with Crippen molar-refractivity contribution in [2.45, 2.75) is 108 Å². The van der Waals surface area contributed by atoms with Crippen LogP contribution in [0.4, 0.5) is 30.2 Å². The molecule has 5 aromatic carbocycles. The second kappa shape index (κ2) is 29.4. The number of alkyl halides is 3. The van der Waals surface area contributed by atoms with E-state index in [0.717, 1.165) is 51.9 Å². The number of nitrogens with zero attached hydrogens (tertiary/aromatic N) is 6. The minimum atomic E-state index is -5.98. The van der Waals surface area contributed by atoms with E-state index in [-0.39, 0.29) is 60.0 Å². The van der Waals surface area contributed by atoms with Gasteiger partial charge in [-0.1, -0.05) is 87.8 Å². The maximum Gasteiger partial charge on any atom is 0.534 e. The Balaban J connectivity index is 0.000000173. The summed E-state index contributed by atoms with van der Waals surface area (Å²) in [5, 5.41) is 0. The first-order valence-electron chi connectivity index (χ1n) is 31.2. The first kappa shape index (κ1) is 72.3. The molecule has 0 aliphatic carbocycles. The summed E-state index contributed by atoms with van der Waals surface area (Å²) in [6, 6.07) is 25.5. The number of aliphatic imine (C=N–C) groups is 1. The van der Waals surface area contributed by atoms with Gasteiger partial charge in [0.2, 0.25) is 0 Å². The summed E-state index contributed by atoms with van der Waals surface area (Å²) in [5.74, 6) is -0.247. The zero-order chi connectivity index (χ0) is 70.6. The van der Waals surface area contributed by atoms with Crippen LogP contribution in [0, 0.1) is 13.8 Å². The highest BCUT2D eigenvalue weighted by molar-refractivity contribution is 7.87. The largest absolute Gasteiger partial charge is 0.534 e. The Bertz CT molecular complexity index is 4130. The number of rotatable bonds is 20. The van der Waals surface area contributed by atoms with Crippen molar-refractivity contribution in [3.63, 3.8) is 0 Å². The Morgan fingerprint density at radius 2 is 0.897 bits per heavy atom. The quantitative estimate of drug-likeness (QED) is 0.0305. The minimum Gasteiger partial charge on any atom is -0.493 e. The van der Waals surface area contributed by atoms with Crippen molar-refractivity contribution in [1.29, 1.82) is 0 Å². The summed E-state index contributed by atoms with van der Waals surface area (Å²) < 4.78 is 110. The van der Waals surface area contributed by atoms with Crippen LogP contribution in [-0.2, 0) is 33.4 Å². The molecule has 97 heavy (non-hydrogen) atoms. The fourth-order valence-corrected chi connectivity index (χ4v) is 13.6. The zero-order valence-corrected chi connectivity index (χ0v) is 59.6. The van der Waals surface area contributed by atoms with E-state index in [9.17, 15) is 45.6 Å². The van der Waals surface area contributed by atoms with E-state index in [0.29, 0.717) is 65.1 Å². The summed E-state index contributed by atoms with van der Waals surface area (Å²) >= 11 is 0. The van der Waals surface area contributed by atoms with Crippen LogP contribution in [0.5, 0.6) is 34.5 Å². The molecular weight excluding hydrogens is 1310 g/mol. The molecule has 6 heterocycles. The Morgan fingerprint density at radius 1 is 0.505 bits per heavy atom. The monoisotopic (exact) mass is 1390 g/mol. The standard InChI is InChI=1S/C27H34N2O5Si.C21H27F3N2O8SSi.C21H20N2O3/c1-18-9-7-8-10-20(18)19-13-23-27(31)29(17-34-11-12-35(4,5)6)22-15-25(33-3)24(32-2)14-21(22)26(30)28(23)16-19;1-31-17-9-14-15(10-18(17)32-2)26(12-33-6-7-36(3,4)5)20(28)16-8-13(11-25(16)19(14)27)34-35(29,30)21(22,23)24;1-13-6-4-5-7-16(13)14-8-15-11-22-18-10-20(26-3)19(25-2)9-17(18)21(24)23(15)12-14/h7-10,14-16,23H,11-13,17H2,1-6H3;9-11,16H,6-8,12H2,1-5H3;4-7,9-12,15H,8H2,1-3H3/t23-;16-;15-/m000/s1. The molecule has 28 heteroatoms. The highest BCUT2D eigenvalue weighted by Crippen LogP contribution is 2.45. The third-order valence-electron chi connectivity index (χ3n) is 17.0. The fraction of sp³-hybridized carbons (Fsp3) is 0.391. The van der Waals surface area contributed by atoms with E-state index in [1.165, 1.54) is 56.6 Å². The number of methoxy groups -OCH3 is 6. The van der Waals surface area contributed by atoms with Crippen molar-refractivity contribution in [2.24, 2.45) is 4.99 Å². The van der Waals surface area contributed by atoms with Gasteiger partial charge in [0.15, 0.2) is 34.5 Å². The van der Waals surface area contributed by atoms with Gasteiger partial charge >= 0.3 is 15.6 Å². The van der Waals surface area contributed by atoms with Crippen LogP contribution >= 0.6 is 0 Å². The van der Waals surface area contributed by atoms with Crippen molar-refractivity contribution < 1.29 is 87.6 Å². The molecule has 6 aliphatic heterocycles. The maximum atomic E-state index is 13.9. The summed E-state index contributed by atoms with van der Waals surface area (Å²) in [4.78, 5) is 79.2. The Labute approximate surface area is 564 Å². The lowest BCUT2D eigenvalue weighted by Crippen LogP contribution is -2.45. The van der Waals surface area contributed by atoms with Gasteiger partial charge in [-0.2, -0.15) is 21.6 Å². The molecule has 22 nitrogen and oxygen atoms in total. The molecular formula is C69H81F3N6O16SSi2. The molecule has 0 saturated carbocycles. The number of hydrogen-bond donors (Lipinski definition) is 0. The van der Waals surface area contributed by atoms with Crippen molar-refractivity contribution >= 4 is 90.2 Å². The summed E-state index contributed by atoms with van der Waals surface area (Å²) in [5.41, 5.74) is 3.10. The van der Waals surface area contributed by atoms with E-state index in [4.69, 9.17) is 37.9 Å². The van der Waals surface area contributed by atoms with E-state index in [2.05, 4.69) is 67.5 Å². The topological polar surface area (TPSA) is 231 Å². The molecule has 0 fully saturated rings. The van der Waals surface area contributed by atoms with Gasteiger partial charge in [-0.05, 0) is 77.5 Å². The second-order valence-electron chi connectivity index (χ2n) is 26.0. The van der Waals surface area contributed by atoms with Gasteiger partial charge in [0.1, 0.15) is 31.3 Å². The minimum absolute atomic E-state index is 0.0199. The number of aryl methyl sites for hydroxylation is 2. The van der Waals surface area contributed by atoms with Crippen LogP contribution in [0.1, 0.15) is 72.6 Å². The molecule has 0 aromatic heterocycles. The number of carbonyl (C=O) groups is 5. The number of hydrogen-bond acceptors (Lipinski definition) is 17. The lowest BCUT2D eigenvalue weighted by molar-refractivity contribution is -0.123. The lowest BCUT2D eigenvalue weighted by Gasteiger charge is -2.26. The number of carbonyl (C=O) groups excluding carboxylic acids is 5. The van der Waals surface area contributed by atoms with Crippen molar-refractivity contribution in [2.75, 3.05) is 79.1 Å². The molecule has 5 aromatic rings. The number of fused-ring (bicyclic) bond motifs is 6. The van der Waals surface area contributed by atoms with E-state index in [1.807, 2.05) is 61.9 Å². The highest BCUT2D eigenvalue weighted by Gasteiger charge is 2.52. The molecule has 6 aliphatic rings. The Morgan fingerprint density at radius 3 is 1.34 bits per heavy atom. The van der Waals surface area contributed by atoms with Gasteiger partial charge in [-0.25, -0.2) is 0 Å². The van der Waals surface area contributed by atoms with Gasteiger partial charge in [0.25, 0.3) is 29.5 Å². The second-order valence-corrected chi connectivity index (χ2v) is 38.8. The van der Waals surface area contributed by atoms with Crippen LogP contribution in [0.15, 0.2) is 114 Å². The Hall–Kier alpha value is -8.97. The normalized spacial score (nSPS) is 18.1. The van der Waals surface area contributed by atoms with Gasteiger partial charge < -0.3 is 51.9 Å².